The van der Waals surface area contributed by atoms with E-state index in [1.54, 1.807) is 22.7 Å². The highest BCUT2D eigenvalue weighted by molar-refractivity contribution is 7.14. The Kier molecular flexibility index (Phi) is 6.19. The van der Waals surface area contributed by atoms with Crippen LogP contribution in [-0.2, 0) is 0 Å². The van der Waals surface area contributed by atoms with Crippen molar-refractivity contribution in [3.8, 4) is 0 Å². The van der Waals surface area contributed by atoms with Crippen LogP contribution < -0.4 is 9.80 Å². The Labute approximate surface area is 298 Å². The maximum Gasteiger partial charge on any atom is 0.155 e. The van der Waals surface area contributed by atoms with Crippen LogP contribution in [0.15, 0.2) is 164 Å². The molecule has 6 aromatic heterocycles. The molecule has 0 atom stereocenters. The summed E-state index contributed by atoms with van der Waals surface area (Å²) in [4.78, 5) is 9.43. The van der Waals surface area contributed by atoms with E-state index in [-0.39, 0.29) is 0 Å². The third-order valence-electron chi connectivity index (χ3n) is 9.49. The minimum Gasteiger partial charge on any atom is -0.456 e. The number of anilines is 6. The van der Waals surface area contributed by atoms with Gasteiger partial charge in [-0.3, -0.25) is 0 Å². The summed E-state index contributed by atoms with van der Waals surface area (Å²) in [6, 6.07) is 45.9. The van der Waals surface area contributed by atoms with Gasteiger partial charge in [0.2, 0.25) is 0 Å². The summed E-state index contributed by atoms with van der Waals surface area (Å²) >= 11 is 3.36. The van der Waals surface area contributed by atoms with Gasteiger partial charge in [-0.15, -0.1) is 22.7 Å². The molecule has 0 radical (unpaired) electrons. The first kappa shape index (κ1) is 28.5. The van der Waals surface area contributed by atoms with Gasteiger partial charge in [0.15, 0.2) is 5.58 Å². The van der Waals surface area contributed by atoms with E-state index in [4.69, 9.17) is 18.2 Å². The van der Waals surface area contributed by atoms with Crippen molar-refractivity contribution in [1.82, 2.24) is 4.98 Å². The van der Waals surface area contributed by atoms with Crippen LogP contribution in [0.3, 0.4) is 0 Å². The molecule has 0 N–H and O–H groups in total. The number of hydrogen-bond donors (Lipinski definition) is 0. The van der Waals surface area contributed by atoms with Crippen LogP contribution in [0.2, 0.25) is 0 Å². The first-order chi connectivity index (χ1) is 25.2. The summed E-state index contributed by atoms with van der Waals surface area (Å²) in [5.41, 5.74) is 9.65. The third kappa shape index (κ3) is 4.50. The quantitative estimate of drug-likeness (QED) is 0.173. The van der Waals surface area contributed by atoms with E-state index in [2.05, 4.69) is 118 Å². The number of para-hydroxylation sites is 2. The molecule has 0 saturated carbocycles. The highest BCUT2D eigenvalue weighted by Crippen LogP contribution is 2.44. The number of hydrogen-bond acceptors (Lipinski definition) is 8. The smallest absolute Gasteiger partial charge is 0.155 e. The van der Waals surface area contributed by atoms with Gasteiger partial charge in [0.1, 0.15) is 33.4 Å². The number of pyridine rings is 1. The molecule has 242 valence electrons. The summed E-state index contributed by atoms with van der Waals surface area (Å²) in [5, 5.41) is 11.7. The first-order valence-corrected chi connectivity index (χ1v) is 18.3. The van der Waals surface area contributed by atoms with E-state index in [9.17, 15) is 0 Å². The number of aromatic nitrogens is 1. The van der Waals surface area contributed by atoms with Crippen LogP contribution in [0.5, 0.6) is 0 Å². The maximum absolute atomic E-state index is 6.61. The number of furan rings is 3. The number of rotatable bonds is 6. The minimum absolute atomic E-state index is 0.720. The van der Waals surface area contributed by atoms with E-state index >= 15 is 0 Å². The molecule has 0 bridgehead atoms. The second-order valence-electron chi connectivity index (χ2n) is 12.5. The zero-order chi connectivity index (χ0) is 33.5. The van der Waals surface area contributed by atoms with E-state index < -0.39 is 0 Å². The molecule has 0 spiro atoms. The Morgan fingerprint density at radius 1 is 0.392 bits per heavy atom. The Balaban J connectivity index is 1.02. The fourth-order valence-corrected chi connectivity index (χ4v) is 8.73. The Hall–Kier alpha value is -6.35. The predicted octanol–water partition coefficient (Wildman–Crippen LogP) is 13.8. The lowest BCUT2D eigenvalue weighted by atomic mass is 10.1. The molecule has 0 aliphatic rings. The zero-order valence-corrected chi connectivity index (χ0v) is 28.4. The van der Waals surface area contributed by atoms with E-state index in [1.807, 2.05) is 42.6 Å². The van der Waals surface area contributed by atoms with Crippen molar-refractivity contribution in [3.63, 3.8) is 0 Å². The zero-order valence-electron chi connectivity index (χ0n) is 26.8. The predicted molar refractivity (Wildman–Crippen MR) is 211 cm³/mol. The molecule has 0 saturated heterocycles. The lowest BCUT2D eigenvalue weighted by Gasteiger charge is -2.23. The van der Waals surface area contributed by atoms with Crippen LogP contribution in [-0.4, -0.2) is 4.98 Å². The molecule has 0 aliphatic carbocycles. The van der Waals surface area contributed by atoms with Gasteiger partial charge < -0.3 is 23.1 Å². The molecule has 0 fully saturated rings. The van der Waals surface area contributed by atoms with Gasteiger partial charge in [-0.25, -0.2) is 4.98 Å². The van der Waals surface area contributed by atoms with Gasteiger partial charge in [0, 0.05) is 51.2 Å². The van der Waals surface area contributed by atoms with Crippen LogP contribution in [0.1, 0.15) is 0 Å². The molecule has 6 nitrogen and oxygen atoms in total. The number of fused-ring (bicyclic) bond motifs is 9. The number of nitrogens with zero attached hydrogens (tertiary/aromatic N) is 3. The van der Waals surface area contributed by atoms with Crippen molar-refractivity contribution in [1.29, 1.82) is 0 Å². The monoisotopic (exact) mass is 695 g/mol. The molecule has 8 heteroatoms. The molecule has 51 heavy (non-hydrogen) atoms. The van der Waals surface area contributed by atoms with E-state index in [1.165, 1.54) is 0 Å². The van der Waals surface area contributed by atoms with Crippen molar-refractivity contribution >= 4 is 121 Å². The van der Waals surface area contributed by atoms with Crippen molar-refractivity contribution in [2.75, 3.05) is 9.80 Å². The molecular formula is C43H25N3O3S2. The molecule has 11 aromatic rings. The third-order valence-corrected chi connectivity index (χ3v) is 11.2. The number of thiophene rings is 2. The Bertz CT molecular complexity index is 2860. The molecule has 0 aliphatic heterocycles. The van der Waals surface area contributed by atoms with Gasteiger partial charge in [-0.1, -0.05) is 36.4 Å². The van der Waals surface area contributed by atoms with Gasteiger partial charge in [0.25, 0.3) is 0 Å². The summed E-state index contributed by atoms with van der Waals surface area (Å²) in [7, 11) is 0. The van der Waals surface area contributed by atoms with Crippen LogP contribution in [0.4, 0.5) is 32.8 Å². The fourth-order valence-electron chi connectivity index (χ4n) is 7.19. The second kappa shape index (κ2) is 11.1. The van der Waals surface area contributed by atoms with E-state index in [0.717, 1.165) is 98.7 Å². The largest absolute Gasteiger partial charge is 0.456 e. The summed E-state index contributed by atoms with van der Waals surface area (Å²) in [6.45, 7) is 0. The SMILES string of the molecule is c1csc(N(c2ccc3c(c2)oc2ccccc23)c2ccc3c(c2)oc2cc(N(c4ccc5c(c4)oc4ccccc45)c4cccs4)cnc23)c1. The van der Waals surface area contributed by atoms with Gasteiger partial charge in [-0.2, -0.15) is 0 Å². The molecular weight excluding hydrogens is 671 g/mol. The fraction of sp³-hybridized carbons (Fsp3) is 0. The Morgan fingerprint density at radius 3 is 1.39 bits per heavy atom. The Morgan fingerprint density at radius 2 is 0.843 bits per heavy atom. The standard InChI is InChI=1S/C43H25N3O3S2/c1-3-9-35-30(7-1)32-16-13-26(21-37(32)47-35)45(41-11-5-19-50-41)27-15-18-34-39(23-27)49-40-24-29(25-44-43(34)40)46(42-12-6-20-51-42)28-14-17-33-31-8-2-4-10-36(31)48-38(33)22-28/h1-25H. The first-order valence-electron chi connectivity index (χ1n) is 16.6. The van der Waals surface area contributed by atoms with Gasteiger partial charge in [0.05, 0.1) is 38.9 Å². The molecule has 11 rings (SSSR count). The highest BCUT2D eigenvalue weighted by Gasteiger charge is 2.21. The van der Waals surface area contributed by atoms with Crippen LogP contribution in [0.25, 0.3) is 65.9 Å². The lowest BCUT2D eigenvalue weighted by Crippen LogP contribution is -2.08. The number of benzene rings is 5. The highest BCUT2D eigenvalue weighted by atomic mass is 32.1. The maximum atomic E-state index is 6.61. The molecule has 0 amide bonds. The normalized spacial score (nSPS) is 11.9. The van der Waals surface area contributed by atoms with Crippen molar-refractivity contribution < 1.29 is 13.3 Å². The second-order valence-corrected chi connectivity index (χ2v) is 14.3. The van der Waals surface area contributed by atoms with Crippen LogP contribution >= 0.6 is 22.7 Å². The summed E-state index contributed by atoms with van der Waals surface area (Å²) in [6.07, 6.45) is 1.92. The topological polar surface area (TPSA) is 58.8 Å². The van der Waals surface area contributed by atoms with Crippen molar-refractivity contribution in [2.45, 2.75) is 0 Å². The minimum atomic E-state index is 0.720. The molecule has 5 aromatic carbocycles. The summed E-state index contributed by atoms with van der Waals surface area (Å²) in [5.74, 6) is 0. The average molecular weight is 696 g/mol. The van der Waals surface area contributed by atoms with Gasteiger partial charge >= 0.3 is 0 Å². The van der Waals surface area contributed by atoms with Gasteiger partial charge in [-0.05, 0) is 83.6 Å². The average Bonchev–Trinajstić information content (AvgIpc) is 4.01. The molecule has 6 heterocycles. The lowest BCUT2D eigenvalue weighted by molar-refractivity contribution is 0.668. The van der Waals surface area contributed by atoms with Crippen LogP contribution in [0, 0.1) is 0 Å². The van der Waals surface area contributed by atoms with E-state index in [0.29, 0.717) is 0 Å². The van der Waals surface area contributed by atoms with Crippen molar-refractivity contribution in [3.05, 3.63) is 150 Å². The summed E-state index contributed by atoms with van der Waals surface area (Å²) < 4.78 is 19.2. The van der Waals surface area contributed by atoms with Crippen molar-refractivity contribution in [2.24, 2.45) is 0 Å². The molecule has 0 unspecified atom stereocenters.